The fourth-order valence-corrected chi connectivity index (χ4v) is 0.829. The molecule has 9 heavy (non-hydrogen) atoms. The van der Waals surface area contributed by atoms with Crippen LogP contribution in [0.3, 0.4) is 0 Å². The highest BCUT2D eigenvalue weighted by atomic mass is 16.3. The number of allylic oxidation sites excluding steroid dienone is 3. The van der Waals surface area contributed by atoms with Crippen molar-refractivity contribution in [1.82, 2.24) is 0 Å². The van der Waals surface area contributed by atoms with Crippen LogP contribution >= 0.6 is 0 Å². The van der Waals surface area contributed by atoms with E-state index in [1.54, 1.807) is 0 Å². The number of rotatable bonds is 0. The minimum Gasteiger partial charge on any atom is -0.508 e. The lowest BCUT2D eigenvalue weighted by Gasteiger charge is -2.10. The number of aliphatic hydroxyl groups is 2. The van der Waals surface area contributed by atoms with Crippen LogP contribution in [0, 0.1) is 5.92 Å². The second-order valence-electron chi connectivity index (χ2n) is 2.37. The van der Waals surface area contributed by atoms with E-state index < -0.39 is 0 Å². The third kappa shape index (κ3) is 1.25. The molecule has 0 aromatic carbocycles. The van der Waals surface area contributed by atoms with E-state index >= 15 is 0 Å². The molecule has 1 rings (SSSR count). The summed E-state index contributed by atoms with van der Waals surface area (Å²) in [6.45, 7) is 1.99. The van der Waals surface area contributed by atoms with Gasteiger partial charge in [-0.2, -0.15) is 0 Å². The molecule has 0 aromatic rings. The van der Waals surface area contributed by atoms with Gasteiger partial charge in [-0.05, 0) is 12.0 Å². The van der Waals surface area contributed by atoms with E-state index in [1.165, 1.54) is 6.08 Å². The van der Waals surface area contributed by atoms with E-state index in [4.69, 9.17) is 10.2 Å². The molecular formula is C7H10O2. The highest BCUT2D eigenvalue weighted by Crippen LogP contribution is 2.18. The molecule has 1 atom stereocenters. The lowest BCUT2D eigenvalue weighted by Crippen LogP contribution is -2.00. The molecule has 50 valence electrons. The Morgan fingerprint density at radius 2 is 2.22 bits per heavy atom. The van der Waals surface area contributed by atoms with Crippen molar-refractivity contribution in [2.45, 2.75) is 13.3 Å². The summed E-state index contributed by atoms with van der Waals surface area (Å²) in [5, 5.41) is 17.8. The van der Waals surface area contributed by atoms with Crippen LogP contribution in [0.25, 0.3) is 0 Å². The third-order valence-corrected chi connectivity index (χ3v) is 1.39. The van der Waals surface area contributed by atoms with Crippen LogP contribution in [0.2, 0.25) is 0 Å². The normalized spacial score (nSPS) is 27.0. The minimum absolute atomic E-state index is 0.00750. The highest BCUT2D eigenvalue weighted by molar-refractivity contribution is 5.19. The topological polar surface area (TPSA) is 40.5 Å². The van der Waals surface area contributed by atoms with Crippen molar-refractivity contribution in [2.75, 3.05) is 0 Å². The average molecular weight is 126 g/mol. The summed E-state index contributed by atoms with van der Waals surface area (Å²) in [5.41, 5.74) is 0. The van der Waals surface area contributed by atoms with Gasteiger partial charge in [-0.25, -0.2) is 0 Å². The van der Waals surface area contributed by atoms with Crippen molar-refractivity contribution in [3.8, 4) is 0 Å². The molecule has 0 bridgehead atoms. The van der Waals surface area contributed by atoms with E-state index in [-0.39, 0.29) is 11.5 Å². The summed E-state index contributed by atoms with van der Waals surface area (Å²) in [6, 6.07) is 0. The zero-order valence-electron chi connectivity index (χ0n) is 5.33. The van der Waals surface area contributed by atoms with Crippen LogP contribution in [0.5, 0.6) is 0 Å². The Labute approximate surface area is 54.1 Å². The zero-order valence-corrected chi connectivity index (χ0v) is 5.33. The van der Waals surface area contributed by atoms with Crippen LogP contribution in [-0.4, -0.2) is 10.2 Å². The van der Waals surface area contributed by atoms with Gasteiger partial charge >= 0.3 is 0 Å². The number of aliphatic hydroxyl groups excluding tert-OH is 2. The first-order chi connectivity index (χ1) is 4.20. The van der Waals surface area contributed by atoms with Crippen molar-refractivity contribution in [3.63, 3.8) is 0 Å². The van der Waals surface area contributed by atoms with E-state index in [0.717, 1.165) is 0 Å². The smallest absolute Gasteiger partial charge is 0.152 e. The monoisotopic (exact) mass is 126 g/mol. The predicted molar refractivity (Wildman–Crippen MR) is 35.2 cm³/mol. The molecule has 0 radical (unpaired) electrons. The molecule has 0 heterocycles. The second-order valence-corrected chi connectivity index (χ2v) is 2.37. The van der Waals surface area contributed by atoms with Gasteiger partial charge in [0.25, 0.3) is 0 Å². The van der Waals surface area contributed by atoms with Crippen LogP contribution in [-0.2, 0) is 0 Å². The molecule has 0 saturated carbocycles. The fraction of sp³-hybridized carbons (Fsp3) is 0.429. The number of hydrogen-bond donors (Lipinski definition) is 2. The van der Waals surface area contributed by atoms with Crippen molar-refractivity contribution in [3.05, 3.63) is 23.7 Å². The molecule has 0 saturated heterocycles. The van der Waals surface area contributed by atoms with Gasteiger partial charge < -0.3 is 10.2 Å². The van der Waals surface area contributed by atoms with Crippen LogP contribution in [0.4, 0.5) is 0 Å². The molecule has 2 N–H and O–H groups in total. The zero-order chi connectivity index (χ0) is 6.85. The molecule has 0 fully saturated rings. The highest BCUT2D eigenvalue weighted by Gasteiger charge is 2.09. The Morgan fingerprint density at radius 1 is 1.56 bits per heavy atom. The first kappa shape index (κ1) is 6.20. The van der Waals surface area contributed by atoms with Crippen molar-refractivity contribution in [1.29, 1.82) is 0 Å². The second kappa shape index (κ2) is 2.13. The van der Waals surface area contributed by atoms with Gasteiger partial charge in [0.05, 0.1) is 0 Å². The van der Waals surface area contributed by atoms with E-state index in [1.807, 2.05) is 13.0 Å². The average Bonchev–Trinajstić information content (AvgIpc) is 1.80. The Morgan fingerprint density at radius 3 is 2.67 bits per heavy atom. The maximum atomic E-state index is 8.93. The maximum absolute atomic E-state index is 8.93. The standard InChI is InChI=1S/C7H10O2/c1-5-2-3-6(8)7(9)4-5/h2-3,5,8-9H,4H2,1H3. The lowest BCUT2D eigenvalue weighted by atomic mass is 10.0. The van der Waals surface area contributed by atoms with Crippen LogP contribution in [0.1, 0.15) is 13.3 Å². The Kier molecular flexibility index (Phi) is 1.47. The largest absolute Gasteiger partial charge is 0.508 e. The quantitative estimate of drug-likeness (QED) is 0.520. The van der Waals surface area contributed by atoms with E-state index in [2.05, 4.69) is 0 Å². The molecular weight excluding hydrogens is 116 g/mol. The van der Waals surface area contributed by atoms with Crippen molar-refractivity contribution < 1.29 is 10.2 Å². The number of hydrogen-bond acceptors (Lipinski definition) is 2. The Hall–Kier alpha value is -0.920. The third-order valence-electron chi connectivity index (χ3n) is 1.39. The van der Waals surface area contributed by atoms with Gasteiger partial charge in [-0.15, -0.1) is 0 Å². The first-order valence-electron chi connectivity index (χ1n) is 2.99. The predicted octanol–water partition coefficient (Wildman–Crippen LogP) is 1.91. The fourth-order valence-electron chi connectivity index (χ4n) is 0.829. The summed E-state index contributed by atoms with van der Waals surface area (Å²) >= 11 is 0. The van der Waals surface area contributed by atoms with Gasteiger partial charge in [-0.1, -0.05) is 13.0 Å². The Balaban J connectivity index is 2.75. The summed E-state index contributed by atoms with van der Waals surface area (Å²) < 4.78 is 0. The molecule has 2 nitrogen and oxygen atoms in total. The van der Waals surface area contributed by atoms with Crippen molar-refractivity contribution >= 4 is 0 Å². The molecule has 2 heteroatoms. The van der Waals surface area contributed by atoms with Gasteiger partial charge in [0.1, 0.15) is 5.76 Å². The van der Waals surface area contributed by atoms with Gasteiger partial charge in [0.15, 0.2) is 5.76 Å². The molecule has 0 aromatic heterocycles. The van der Waals surface area contributed by atoms with Crippen LogP contribution < -0.4 is 0 Å². The van der Waals surface area contributed by atoms with Crippen molar-refractivity contribution in [2.24, 2.45) is 5.92 Å². The Bertz CT molecular complexity index is 168. The molecule has 1 unspecified atom stereocenters. The van der Waals surface area contributed by atoms with Gasteiger partial charge in [-0.3, -0.25) is 0 Å². The summed E-state index contributed by atoms with van der Waals surface area (Å²) in [4.78, 5) is 0. The van der Waals surface area contributed by atoms with Gasteiger partial charge in [0.2, 0.25) is 0 Å². The van der Waals surface area contributed by atoms with Gasteiger partial charge in [0, 0.05) is 6.42 Å². The first-order valence-corrected chi connectivity index (χ1v) is 2.99. The summed E-state index contributed by atoms with van der Waals surface area (Å²) in [5.74, 6) is 0.457. The summed E-state index contributed by atoms with van der Waals surface area (Å²) in [6.07, 6.45) is 3.96. The minimum atomic E-state index is 0.00750. The molecule has 0 amide bonds. The molecule has 1 aliphatic rings. The lowest BCUT2D eigenvalue weighted by molar-refractivity contribution is 0.306. The van der Waals surface area contributed by atoms with E-state index in [9.17, 15) is 0 Å². The maximum Gasteiger partial charge on any atom is 0.152 e. The van der Waals surface area contributed by atoms with E-state index in [0.29, 0.717) is 12.3 Å². The summed E-state index contributed by atoms with van der Waals surface area (Å²) in [7, 11) is 0. The molecule has 0 spiro atoms. The molecule has 1 aliphatic carbocycles. The molecule has 0 aliphatic heterocycles. The van der Waals surface area contributed by atoms with Crippen LogP contribution in [0.15, 0.2) is 23.7 Å². The SMILES string of the molecule is CC1C=CC(O)=C(O)C1.